The second-order valence-corrected chi connectivity index (χ2v) is 4.38. The Bertz CT molecular complexity index is 455. The molecule has 84 valence electrons. The number of nitrogens with zero attached hydrogens (tertiary/aromatic N) is 1. The normalized spacial score (nSPS) is 14.7. The van der Waals surface area contributed by atoms with E-state index in [2.05, 4.69) is 20.9 Å². The molecule has 0 spiro atoms. The Labute approximate surface area is 102 Å². The quantitative estimate of drug-likeness (QED) is 0.939. The smallest absolute Gasteiger partial charge is 0.174 e. The minimum atomic E-state index is -0.587. The fourth-order valence-corrected chi connectivity index (χ4v) is 2.11. The summed E-state index contributed by atoms with van der Waals surface area (Å²) in [6.07, 6.45) is 4.42. The Morgan fingerprint density at radius 2 is 2.00 bits per heavy atom. The van der Waals surface area contributed by atoms with E-state index >= 15 is 0 Å². The number of aliphatic hydroxyl groups excluding tert-OH is 1. The predicted molar refractivity (Wildman–Crippen MR) is 64.0 cm³/mol. The Morgan fingerprint density at radius 3 is 2.56 bits per heavy atom. The van der Waals surface area contributed by atoms with Gasteiger partial charge in [-0.3, -0.25) is 4.98 Å². The molecule has 2 heterocycles. The average molecular weight is 282 g/mol. The van der Waals surface area contributed by atoms with Gasteiger partial charge in [0.15, 0.2) is 4.67 Å². The van der Waals surface area contributed by atoms with E-state index in [0.29, 0.717) is 4.67 Å². The minimum absolute atomic E-state index is 0.00287. The first-order valence-corrected chi connectivity index (χ1v) is 5.80. The van der Waals surface area contributed by atoms with Gasteiger partial charge in [-0.05, 0) is 39.7 Å². The molecule has 0 aliphatic rings. The lowest BCUT2D eigenvalue weighted by Crippen LogP contribution is -2.07. The number of aromatic nitrogens is 1. The van der Waals surface area contributed by atoms with Gasteiger partial charge in [0.05, 0.1) is 12.4 Å². The zero-order valence-electron chi connectivity index (χ0n) is 8.80. The summed E-state index contributed by atoms with van der Waals surface area (Å²) >= 11 is 3.27. The van der Waals surface area contributed by atoms with Crippen LogP contribution < -0.4 is 0 Å². The molecule has 0 saturated carbocycles. The highest BCUT2D eigenvalue weighted by Crippen LogP contribution is 2.34. The molecule has 0 fully saturated rings. The molecule has 3 nitrogen and oxygen atoms in total. The van der Waals surface area contributed by atoms with Crippen LogP contribution >= 0.6 is 15.9 Å². The molecule has 0 bridgehead atoms. The van der Waals surface area contributed by atoms with Crippen LogP contribution in [0.5, 0.6) is 0 Å². The molecular weight excluding hydrogens is 270 g/mol. The van der Waals surface area contributed by atoms with Crippen molar-refractivity contribution in [3.8, 4) is 0 Å². The largest absolute Gasteiger partial charge is 0.457 e. The van der Waals surface area contributed by atoms with Crippen LogP contribution in [0.2, 0.25) is 0 Å². The number of hydrogen-bond donors (Lipinski definition) is 1. The molecule has 1 N–H and O–H groups in total. The molecule has 0 aromatic carbocycles. The van der Waals surface area contributed by atoms with Crippen LogP contribution in [0.4, 0.5) is 0 Å². The molecule has 16 heavy (non-hydrogen) atoms. The first kappa shape index (κ1) is 11.4. The molecule has 4 heteroatoms. The monoisotopic (exact) mass is 281 g/mol. The Kier molecular flexibility index (Phi) is 3.41. The summed E-state index contributed by atoms with van der Waals surface area (Å²) in [6.45, 7) is 1.97. The SMILES string of the molecule is CC(c1ccncc1)C(O)c1ccoc1Br. The van der Waals surface area contributed by atoms with Crippen molar-refractivity contribution in [2.24, 2.45) is 0 Å². The Balaban J connectivity index is 2.23. The van der Waals surface area contributed by atoms with E-state index in [-0.39, 0.29) is 5.92 Å². The van der Waals surface area contributed by atoms with E-state index in [1.54, 1.807) is 24.7 Å². The second kappa shape index (κ2) is 4.80. The number of aliphatic hydroxyl groups is 1. The molecular formula is C12H12BrNO2. The van der Waals surface area contributed by atoms with Crippen LogP contribution in [0.1, 0.15) is 30.1 Å². The van der Waals surface area contributed by atoms with Gasteiger partial charge in [-0.1, -0.05) is 6.92 Å². The average Bonchev–Trinajstić information content (AvgIpc) is 2.75. The lowest BCUT2D eigenvalue weighted by Gasteiger charge is -2.18. The maximum atomic E-state index is 10.2. The van der Waals surface area contributed by atoms with Crippen molar-refractivity contribution in [1.82, 2.24) is 4.98 Å². The standard InChI is InChI=1S/C12H12BrNO2/c1-8(9-2-5-14-6-3-9)11(15)10-4-7-16-12(10)13/h2-8,11,15H,1H3. The first-order chi connectivity index (χ1) is 7.70. The molecule has 2 aromatic heterocycles. The van der Waals surface area contributed by atoms with Crippen LogP contribution in [0.25, 0.3) is 0 Å². The molecule has 2 unspecified atom stereocenters. The molecule has 0 radical (unpaired) electrons. The lowest BCUT2D eigenvalue weighted by molar-refractivity contribution is 0.149. The summed E-state index contributed by atoms with van der Waals surface area (Å²) in [4.78, 5) is 3.96. The summed E-state index contributed by atoms with van der Waals surface area (Å²) < 4.78 is 5.70. The van der Waals surface area contributed by atoms with Crippen molar-refractivity contribution >= 4 is 15.9 Å². The highest BCUT2D eigenvalue weighted by Gasteiger charge is 2.21. The maximum Gasteiger partial charge on any atom is 0.174 e. The molecule has 0 amide bonds. The van der Waals surface area contributed by atoms with Gasteiger partial charge < -0.3 is 9.52 Å². The van der Waals surface area contributed by atoms with Crippen molar-refractivity contribution in [3.63, 3.8) is 0 Å². The highest BCUT2D eigenvalue weighted by atomic mass is 79.9. The first-order valence-electron chi connectivity index (χ1n) is 5.01. The molecule has 2 aromatic rings. The lowest BCUT2D eigenvalue weighted by atomic mass is 9.93. The summed E-state index contributed by atoms with van der Waals surface area (Å²) in [5.74, 6) is -0.00287. The van der Waals surface area contributed by atoms with E-state index in [9.17, 15) is 5.11 Å². The van der Waals surface area contributed by atoms with E-state index in [4.69, 9.17) is 4.42 Å². The zero-order valence-corrected chi connectivity index (χ0v) is 10.4. The van der Waals surface area contributed by atoms with E-state index < -0.39 is 6.10 Å². The van der Waals surface area contributed by atoms with Gasteiger partial charge in [-0.2, -0.15) is 0 Å². The fourth-order valence-electron chi connectivity index (χ4n) is 1.63. The van der Waals surface area contributed by atoms with Gasteiger partial charge in [0.1, 0.15) is 0 Å². The van der Waals surface area contributed by atoms with Gasteiger partial charge in [-0.25, -0.2) is 0 Å². The fraction of sp³-hybridized carbons (Fsp3) is 0.250. The van der Waals surface area contributed by atoms with E-state index in [1.807, 2.05) is 19.1 Å². The number of furan rings is 1. The molecule has 0 aliphatic heterocycles. The predicted octanol–water partition coefficient (Wildman–Crippen LogP) is 3.27. The second-order valence-electron chi connectivity index (χ2n) is 3.66. The minimum Gasteiger partial charge on any atom is -0.457 e. The molecule has 2 atom stereocenters. The van der Waals surface area contributed by atoms with Crippen molar-refractivity contribution in [3.05, 3.63) is 52.7 Å². The summed E-state index contributed by atoms with van der Waals surface area (Å²) in [6, 6.07) is 5.58. The number of halogens is 1. The van der Waals surface area contributed by atoms with Crippen LogP contribution in [-0.4, -0.2) is 10.1 Å². The van der Waals surface area contributed by atoms with Crippen LogP contribution in [0, 0.1) is 0 Å². The van der Waals surface area contributed by atoms with Gasteiger partial charge in [0, 0.05) is 23.9 Å². The van der Waals surface area contributed by atoms with Crippen LogP contribution in [0.15, 0.2) is 45.9 Å². The topological polar surface area (TPSA) is 46.3 Å². The number of pyridine rings is 1. The maximum absolute atomic E-state index is 10.2. The van der Waals surface area contributed by atoms with Crippen molar-refractivity contribution < 1.29 is 9.52 Å². The summed E-state index contributed by atoms with van der Waals surface area (Å²) in [7, 11) is 0. The van der Waals surface area contributed by atoms with Crippen LogP contribution in [0.3, 0.4) is 0 Å². The summed E-state index contributed by atoms with van der Waals surface area (Å²) in [5.41, 5.74) is 1.82. The number of hydrogen-bond acceptors (Lipinski definition) is 3. The third-order valence-corrected chi connectivity index (χ3v) is 3.31. The third-order valence-electron chi connectivity index (χ3n) is 2.67. The highest BCUT2D eigenvalue weighted by molar-refractivity contribution is 9.10. The Morgan fingerprint density at radius 1 is 1.31 bits per heavy atom. The molecule has 0 aliphatic carbocycles. The van der Waals surface area contributed by atoms with E-state index in [1.165, 1.54) is 0 Å². The van der Waals surface area contributed by atoms with Crippen molar-refractivity contribution in [2.45, 2.75) is 18.9 Å². The Hall–Kier alpha value is -1.13. The van der Waals surface area contributed by atoms with Gasteiger partial charge in [-0.15, -0.1) is 0 Å². The third kappa shape index (κ3) is 2.18. The van der Waals surface area contributed by atoms with Gasteiger partial charge in [0.2, 0.25) is 0 Å². The number of rotatable bonds is 3. The molecule has 0 saturated heterocycles. The van der Waals surface area contributed by atoms with E-state index in [0.717, 1.165) is 11.1 Å². The zero-order chi connectivity index (χ0) is 11.5. The van der Waals surface area contributed by atoms with Gasteiger partial charge in [0.25, 0.3) is 0 Å². The van der Waals surface area contributed by atoms with Crippen LogP contribution in [-0.2, 0) is 0 Å². The summed E-state index contributed by atoms with van der Waals surface area (Å²) in [5, 5.41) is 10.2. The van der Waals surface area contributed by atoms with Gasteiger partial charge >= 0.3 is 0 Å². The van der Waals surface area contributed by atoms with Crippen molar-refractivity contribution in [1.29, 1.82) is 0 Å². The molecule has 2 rings (SSSR count). The van der Waals surface area contributed by atoms with Crippen molar-refractivity contribution in [2.75, 3.05) is 0 Å².